The van der Waals surface area contributed by atoms with Gasteiger partial charge in [0.05, 0.1) is 34.6 Å². The number of likely N-dealkylation sites (tertiary alicyclic amines) is 1. The fourth-order valence-corrected chi connectivity index (χ4v) is 7.75. The number of aromatic amines is 1. The molecular weight excluding hydrogens is 587 g/mol. The van der Waals surface area contributed by atoms with Crippen LogP contribution in [0.1, 0.15) is 85.0 Å². The monoisotopic (exact) mass is 631 g/mol. The maximum atomic E-state index is 12.9. The molecule has 43 heavy (non-hydrogen) atoms. The van der Waals surface area contributed by atoms with E-state index in [0.717, 1.165) is 61.8 Å². The molecule has 4 heterocycles. The van der Waals surface area contributed by atoms with Crippen molar-refractivity contribution in [2.75, 3.05) is 52.4 Å². The second-order valence-electron chi connectivity index (χ2n) is 11.9. The zero-order valence-corrected chi connectivity index (χ0v) is 26.7. The summed E-state index contributed by atoms with van der Waals surface area (Å²) in [4.78, 5) is 35.9. The van der Waals surface area contributed by atoms with Crippen molar-refractivity contribution in [2.24, 2.45) is 0 Å². The number of unbranched alkanes of at least 4 members (excludes halogenated alkanes) is 6. The number of hydrogen-bond donors (Lipinski definition) is 4. The maximum absolute atomic E-state index is 12.9. The number of amides is 1. The van der Waals surface area contributed by atoms with E-state index in [9.17, 15) is 19.8 Å². The molecule has 236 valence electrons. The molecule has 1 spiro atoms. The van der Waals surface area contributed by atoms with Crippen LogP contribution in [0.15, 0.2) is 22.3 Å². The number of fused-ring (bicyclic) bond motifs is 1. The van der Waals surface area contributed by atoms with Gasteiger partial charge in [-0.2, -0.15) is 0 Å². The van der Waals surface area contributed by atoms with Gasteiger partial charge in [0.15, 0.2) is 0 Å². The first-order valence-corrected chi connectivity index (χ1v) is 17.3. The summed E-state index contributed by atoms with van der Waals surface area (Å²) in [6.45, 7) is 8.31. The Kier molecular flexibility index (Phi) is 11.2. The third-order valence-corrected chi connectivity index (χ3v) is 10.5. The first-order valence-electron chi connectivity index (χ1n) is 15.6. The van der Waals surface area contributed by atoms with Crippen LogP contribution in [0.5, 0.6) is 5.75 Å². The molecule has 0 saturated carbocycles. The lowest BCUT2D eigenvalue weighted by Crippen LogP contribution is -2.58. The molecule has 5 rings (SSSR count). The fourth-order valence-electron chi connectivity index (χ4n) is 6.25. The highest BCUT2D eigenvalue weighted by Gasteiger charge is 2.41. The van der Waals surface area contributed by atoms with Crippen molar-refractivity contribution in [3.63, 3.8) is 0 Å². The average Bonchev–Trinajstić information content (AvgIpc) is 3.62. The number of nitrogens with zero attached hydrogens (tertiary/aromatic N) is 3. The lowest BCUT2D eigenvalue weighted by molar-refractivity contribution is -0.127. The van der Waals surface area contributed by atoms with E-state index in [2.05, 4.69) is 20.2 Å². The molecule has 2 aliphatic heterocycles. The minimum absolute atomic E-state index is 0.0247. The Bertz CT molecular complexity index is 1400. The summed E-state index contributed by atoms with van der Waals surface area (Å²) in [5.41, 5.74) is 1.42. The third kappa shape index (κ3) is 8.43. The van der Waals surface area contributed by atoms with Crippen molar-refractivity contribution in [3.05, 3.63) is 43.4 Å². The number of benzene rings is 1. The van der Waals surface area contributed by atoms with Crippen LogP contribution in [-0.2, 0) is 4.74 Å². The van der Waals surface area contributed by atoms with E-state index in [-0.39, 0.29) is 22.1 Å². The van der Waals surface area contributed by atoms with Crippen molar-refractivity contribution in [3.8, 4) is 5.75 Å². The van der Waals surface area contributed by atoms with Gasteiger partial charge >= 0.3 is 4.87 Å². The van der Waals surface area contributed by atoms with E-state index < -0.39 is 6.10 Å². The summed E-state index contributed by atoms with van der Waals surface area (Å²) >= 11 is 2.54. The molecule has 0 aliphatic carbocycles. The summed E-state index contributed by atoms with van der Waals surface area (Å²) in [6.07, 6.45) is 9.67. The van der Waals surface area contributed by atoms with Gasteiger partial charge in [-0.05, 0) is 51.8 Å². The van der Waals surface area contributed by atoms with E-state index in [1.807, 2.05) is 17.2 Å². The normalized spacial score (nSPS) is 18.0. The van der Waals surface area contributed by atoms with Crippen LogP contribution in [0.3, 0.4) is 0 Å². The van der Waals surface area contributed by atoms with Crippen LogP contribution in [0.25, 0.3) is 10.2 Å². The van der Waals surface area contributed by atoms with Crippen LogP contribution in [0, 0.1) is 6.92 Å². The number of morpholine rings is 1. The molecule has 2 saturated heterocycles. The zero-order valence-electron chi connectivity index (χ0n) is 25.1. The second kappa shape index (κ2) is 15.1. The minimum atomic E-state index is -0.729. The van der Waals surface area contributed by atoms with E-state index >= 15 is 0 Å². The van der Waals surface area contributed by atoms with E-state index in [4.69, 9.17) is 4.74 Å². The number of aromatic hydroxyl groups is 1. The van der Waals surface area contributed by atoms with Crippen LogP contribution in [-0.4, -0.2) is 93.9 Å². The number of aliphatic hydroxyl groups excluding tert-OH is 1. The molecule has 2 aliphatic rings. The lowest BCUT2D eigenvalue weighted by Gasteiger charge is -2.47. The molecular formula is C31H45N5O5S2. The highest BCUT2D eigenvalue weighted by atomic mass is 32.1. The Morgan fingerprint density at radius 2 is 1.88 bits per heavy atom. The number of hydrogen-bond acceptors (Lipinski definition) is 10. The van der Waals surface area contributed by atoms with E-state index in [0.29, 0.717) is 47.7 Å². The molecule has 0 radical (unpaired) electrons. The summed E-state index contributed by atoms with van der Waals surface area (Å²) < 4.78 is 6.87. The molecule has 12 heteroatoms. The van der Waals surface area contributed by atoms with Gasteiger partial charge in [0.2, 0.25) is 0 Å². The topological polar surface area (TPSA) is 131 Å². The molecule has 3 aromatic rings. The Morgan fingerprint density at radius 3 is 2.63 bits per heavy atom. The number of carbonyl (C=O) groups is 1. The van der Waals surface area contributed by atoms with Crippen molar-refractivity contribution >= 4 is 38.8 Å². The molecule has 1 atom stereocenters. The first-order chi connectivity index (χ1) is 20.8. The predicted octanol–water partition coefficient (Wildman–Crippen LogP) is 4.42. The maximum Gasteiger partial charge on any atom is 0.305 e. The van der Waals surface area contributed by atoms with Gasteiger partial charge in [-0.15, -0.1) is 11.3 Å². The molecule has 2 aromatic heterocycles. The number of phenolic OH excluding ortho intramolecular Hbond substituents is 1. The van der Waals surface area contributed by atoms with Crippen molar-refractivity contribution < 1.29 is 19.7 Å². The van der Waals surface area contributed by atoms with Crippen molar-refractivity contribution in [1.82, 2.24) is 25.1 Å². The molecule has 2 fully saturated rings. The molecule has 4 N–H and O–H groups in total. The molecule has 0 bridgehead atoms. The molecule has 0 unspecified atom stereocenters. The number of piperidine rings is 1. The first kappa shape index (κ1) is 32.1. The smallest absolute Gasteiger partial charge is 0.305 e. The number of nitrogens with one attached hydrogen (secondary N) is 2. The third-order valence-electron chi connectivity index (χ3n) is 8.75. The number of H-pyrrole nitrogens is 1. The fraction of sp³-hybridized carbons (Fsp3) is 0.645. The number of aryl methyl sites for hydroxylation is 1. The van der Waals surface area contributed by atoms with Gasteiger partial charge in [0.1, 0.15) is 17.0 Å². The Morgan fingerprint density at radius 1 is 1.14 bits per heavy atom. The summed E-state index contributed by atoms with van der Waals surface area (Å²) in [5, 5.41) is 26.6. The highest BCUT2D eigenvalue weighted by Crippen LogP contribution is 2.32. The van der Waals surface area contributed by atoms with Crippen LogP contribution < -0.4 is 10.2 Å². The van der Waals surface area contributed by atoms with Gasteiger partial charge in [-0.25, -0.2) is 4.98 Å². The number of phenols is 1. The number of rotatable bonds is 14. The average molecular weight is 632 g/mol. The Balaban J connectivity index is 0.883. The van der Waals surface area contributed by atoms with Crippen LogP contribution in [0.4, 0.5) is 0 Å². The van der Waals surface area contributed by atoms with Gasteiger partial charge < -0.3 is 35.1 Å². The highest BCUT2D eigenvalue weighted by molar-refractivity contribution is 7.16. The van der Waals surface area contributed by atoms with Gasteiger partial charge in [0.25, 0.3) is 5.91 Å². The van der Waals surface area contributed by atoms with Gasteiger partial charge in [-0.3, -0.25) is 9.59 Å². The predicted molar refractivity (Wildman–Crippen MR) is 171 cm³/mol. The van der Waals surface area contributed by atoms with Gasteiger partial charge in [0, 0.05) is 37.1 Å². The van der Waals surface area contributed by atoms with Crippen molar-refractivity contribution in [1.29, 1.82) is 0 Å². The summed E-state index contributed by atoms with van der Waals surface area (Å²) in [7, 11) is 0. The van der Waals surface area contributed by atoms with Crippen LogP contribution >= 0.6 is 22.7 Å². The minimum Gasteiger partial charge on any atom is -0.506 e. The van der Waals surface area contributed by atoms with Gasteiger partial charge in [-0.1, -0.05) is 49.5 Å². The molecule has 1 aromatic carbocycles. The molecule has 10 nitrogen and oxygen atoms in total. The Hall–Kier alpha value is -2.35. The summed E-state index contributed by atoms with van der Waals surface area (Å²) in [6, 6.07) is 3.20. The second-order valence-corrected chi connectivity index (χ2v) is 14.0. The van der Waals surface area contributed by atoms with Crippen molar-refractivity contribution in [2.45, 2.75) is 76.4 Å². The largest absolute Gasteiger partial charge is 0.506 e. The number of aliphatic hydroxyl groups is 1. The number of carbonyl (C=O) groups excluding carboxylic acids is 1. The number of aromatic nitrogens is 2. The molecule has 1 amide bonds. The number of ether oxygens (including phenoxy) is 1. The quantitative estimate of drug-likeness (QED) is 0.193. The standard InChI is InChI=1S/C31H45N5O5S2/c1-22-33-24(20-42-22)29(39)36-17-18-41-31(21-36)11-15-35(16-12-31)14-8-6-4-2-3-5-7-13-32-19-26(38)23-9-10-25(37)27-28(23)43-30(40)34-27/h9-10,20,26,32,37-38H,2-8,11-19,21H2,1H3,(H,34,40)/t26-/m0/s1. The SMILES string of the molecule is Cc1nc(C(=O)N2CCOC3(CCN(CCCCCCCCCNC[C@H](O)c4ccc(O)c5[nH]c(=O)sc45)CC3)C2)cs1. The lowest BCUT2D eigenvalue weighted by atomic mass is 9.89. The van der Waals surface area contributed by atoms with Crippen LogP contribution in [0.2, 0.25) is 0 Å². The summed E-state index contributed by atoms with van der Waals surface area (Å²) in [5.74, 6) is 0.0614. The van der Waals surface area contributed by atoms with E-state index in [1.165, 1.54) is 55.9 Å². The Labute approximate surface area is 261 Å². The zero-order chi connectivity index (χ0) is 30.2. The van der Waals surface area contributed by atoms with E-state index in [1.54, 1.807) is 6.07 Å². The number of thiazole rings is 2.